The highest BCUT2D eigenvalue weighted by Crippen LogP contribution is 2.04. The number of aryl methyl sites for hydroxylation is 3. The second kappa shape index (κ2) is 33.6. The Morgan fingerprint density at radius 3 is 1.45 bits per heavy atom. The van der Waals surface area contributed by atoms with Crippen molar-refractivity contribution < 1.29 is 28.5 Å². The Bertz CT molecular complexity index is 892. The molecule has 0 aliphatic carbocycles. The molecule has 0 radical (unpaired) electrons. The average molecular weight is 679 g/mol. The third kappa shape index (κ3) is 31.0. The van der Waals surface area contributed by atoms with E-state index in [1.165, 1.54) is 81.8 Å². The lowest BCUT2D eigenvalue weighted by Crippen LogP contribution is -3.00. The molecule has 0 spiro atoms. The molecule has 0 fully saturated rings. The number of nitrogens with zero attached hydrogens (tertiary/aromatic N) is 2. The van der Waals surface area contributed by atoms with Gasteiger partial charge in [0, 0.05) is 62.5 Å². The van der Waals surface area contributed by atoms with Crippen molar-refractivity contribution in [3.05, 3.63) is 60.2 Å². The smallest absolute Gasteiger partial charge is 0.169 e. The zero-order valence-corrected chi connectivity index (χ0v) is 28.9. The van der Waals surface area contributed by atoms with Crippen molar-refractivity contribution >= 4 is 11.6 Å². The third-order valence-electron chi connectivity index (χ3n) is 6.12. The Morgan fingerprint density at radius 1 is 0.600 bits per heavy atom. The average Bonchev–Trinajstić information content (AvgIpc) is 2.95. The Labute approximate surface area is 270 Å². The SMILES string of the molecule is CCCCC#CCCCCCCCl.CCCCC#CCCCCCC[n+]1ccc(C)cc1.Cc1ccncc1.[I-]. The van der Waals surface area contributed by atoms with Gasteiger partial charge in [-0.15, -0.1) is 35.3 Å². The summed E-state index contributed by atoms with van der Waals surface area (Å²) in [5, 5.41) is 0. The van der Waals surface area contributed by atoms with E-state index in [1.807, 2.05) is 19.1 Å². The number of aromatic nitrogens is 2. The van der Waals surface area contributed by atoms with E-state index in [9.17, 15) is 0 Å². The molecule has 2 heterocycles. The van der Waals surface area contributed by atoms with Crippen molar-refractivity contribution in [2.45, 2.75) is 137 Å². The Hall–Kier alpha value is -1.56. The van der Waals surface area contributed by atoms with Crippen LogP contribution in [0.1, 0.15) is 128 Å². The minimum absolute atomic E-state index is 0. The minimum Gasteiger partial charge on any atom is -1.00 e. The molecule has 2 aromatic rings. The van der Waals surface area contributed by atoms with Gasteiger partial charge in [-0.3, -0.25) is 4.98 Å². The lowest BCUT2D eigenvalue weighted by molar-refractivity contribution is -0.697. The molecular weight excluding hydrogens is 623 g/mol. The van der Waals surface area contributed by atoms with E-state index in [4.69, 9.17) is 11.6 Å². The molecule has 224 valence electrons. The Balaban J connectivity index is 0. The third-order valence-corrected chi connectivity index (χ3v) is 6.39. The van der Waals surface area contributed by atoms with Crippen LogP contribution in [0.2, 0.25) is 0 Å². The van der Waals surface area contributed by atoms with Crippen molar-refractivity contribution in [1.82, 2.24) is 4.98 Å². The lowest BCUT2D eigenvalue weighted by atomic mass is 10.1. The van der Waals surface area contributed by atoms with E-state index in [1.54, 1.807) is 12.4 Å². The molecule has 0 aliphatic heterocycles. The van der Waals surface area contributed by atoms with Crippen LogP contribution < -0.4 is 28.5 Å². The van der Waals surface area contributed by atoms with Crippen molar-refractivity contribution in [3.63, 3.8) is 0 Å². The first-order valence-corrected chi connectivity index (χ1v) is 16.0. The molecule has 0 N–H and O–H groups in total. The molecule has 0 amide bonds. The number of hydrogen-bond acceptors (Lipinski definition) is 1. The van der Waals surface area contributed by atoms with Crippen LogP contribution in [0.15, 0.2) is 49.1 Å². The molecule has 0 aliphatic rings. The molecule has 2 aromatic heterocycles. The summed E-state index contributed by atoms with van der Waals surface area (Å²) in [6.45, 7) is 9.73. The summed E-state index contributed by atoms with van der Waals surface area (Å²) in [5.74, 6) is 13.8. The Morgan fingerprint density at radius 2 is 1.02 bits per heavy atom. The maximum atomic E-state index is 5.57. The van der Waals surface area contributed by atoms with Gasteiger partial charge in [-0.05, 0) is 75.6 Å². The summed E-state index contributed by atoms with van der Waals surface area (Å²) in [4.78, 5) is 3.85. The van der Waals surface area contributed by atoms with Gasteiger partial charge in [-0.1, -0.05) is 46.0 Å². The highest BCUT2D eigenvalue weighted by atomic mass is 127. The van der Waals surface area contributed by atoms with Crippen LogP contribution in [0.5, 0.6) is 0 Å². The van der Waals surface area contributed by atoms with Gasteiger partial charge in [0.2, 0.25) is 0 Å². The van der Waals surface area contributed by atoms with E-state index in [0.29, 0.717) is 0 Å². The fourth-order valence-electron chi connectivity index (χ4n) is 3.51. The van der Waals surface area contributed by atoms with Gasteiger partial charge in [-0.25, -0.2) is 4.57 Å². The van der Waals surface area contributed by atoms with Crippen LogP contribution in [-0.4, -0.2) is 10.9 Å². The summed E-state index contributed by atoms with van der Waals surface area (Å²) < 4.78 is 2.28. The summed E-state index contributed by atoms with van der Waals surface area (Å²) in [6, 6.07) is 8.29. The van der Waals surface area contributed by atoms with Crippen LogP contribution in [0.25, 0.3) is 0 Å². The molecule has 2 rings (SSSR count). The predicted octanol–water partition coefficient (Wildman–Crippen LogP) is 7.19. The zero-order chi connectivity index (χ0) is 28.7. The van der Waals surface area contributed by atoms with Crippen molar-refractivity contribution in [1.29, 1.82) is 0 Å². The molecule has 4 heteroatoms. The van der Waals surface area contributed by atoms with Gasteiger partial charge < -0.3 is 24.0 Å². The normalized spacial score (nSPS) is 9.32. The zero-order valence-electron chi connectivity index (χ0n) is 26.0. The van der Waals surface area contributed by atoms with Crippen LogP contribution in [0, 0.1) is 37.5 Å². The second-order valence-electron chi connectivity index (χ2n) is 10.1. The number of unbranched alkanes of at least 4 members (excludes halogenated alkanes) is 12. The summed E-state index contributed by atoms with van der Waals surface area (Å²) >= 11 is 5.57. The van der Waals surface area contributed by atoms with Gasteiger partial charge in [0.15, 0.2) is 12.4 Å². The molecule has 2 nitrogen and oxygen atoms in total. The van der Waals surface area contributed by atoms with Gasteiger partial charge in [0.25, 0.3) is 0 Å². The number of pyridine rings is 2. The molecule has 0 bridgehead atoms. The molecule has 40 heavy (non-hydrogen) atoms. The minimum atomic E-state index is 0. The van der Waals surface area contributed by atoms with Gasteiger partial charge in [0.05, 0.1) is 0 Å². The number of alkyl halides is 1. The molecule has 0 aromatic carbocycles. The molecule has 0 atom stereocenters. The topological polar surface area (TPSA) is 16.8 Å². The lowest BCUT2D eigenvalue weighted by Gasteiger charge is -1.98. The quantitative estimate of drug-likeness (QED) is 0.0641. The highest BCUT2D eigenvalue weighted by Gasteiger charge is 1.98. The van der Waals surface area contributed by atoms with Crippen molar-refractivity contribution in [2.75, 3.05) is 5.88 Å². The first-order chi connectivity index (χ1) is 19.1. The van der Waals surface area contributed by atoms with Gasteiger partial charge in [0.1, 0.15) is 6.54 Å². The first-order valence-electron chi connectivity index (χ1n) is 15.4. The maximum absolute atomic E-state index is 5.57. The van der Waals surface area contributed by atoms with Crippen molar-refractivity contribution in [2.24, 2.45) is 0 Å². The standard InChI is InChI=1S/C18H28N.C12H21Cl.C6H7N.HI/c1-3-4-5-6-7-8-9-10-11-12-15-19-16-13-18(2)14-17-19;1-2-3-4-5-6-7-8-9-10-11-12-13;1-6-2-4-7-5-3-6;/h13-14,16-17H,3-5,8-12,15H2,1-2H3;2-4,7-12H2,1H3;2-5H,1H3;1H/q+1;;;/p-1. The van der Waals surface area contributed by atoms with Crippen LogP contribution in [0.3, 0.4) is 0 Å². The first kappa shape index (κ1) is 40.6. The van der Waals surface area contributed by atoms with Crippen molar-refractivity contribution in [3.8, 4) is 23.7 Å². The fourth-order valence-corrected chi connectivity index (χ4v) is 3.70. The number of halogens is 2. The summed E-state index contributed by atoms with van der Waals surface area (Å²) in [7, 11) is 0. The second-order valence-corrected chi connectivity index (χ2v) is 10.4. The monoisotopic (exact) mass is 678 g/mol. The molecule has 0 saturated heterocycles. The largest absolute Gasteiger partial charge is 1.00 e. The number of hydrogen-bond donors (Lipinski definition) is 0. The van der Waals surface area contributed by atoms with Crippen LogP contribution in [0.4, 0.5) is 0 Å². The Kier molecular flexibility index (Phi) is 34.1. The van der Waals surface area contributed by atoms with Crippen LogP contribution >= 0.6 is 11.6 Å². The fraction of sp³-hybridized carbons (Fsp3) is 0.611. The summed E-state index contributed by atoms with van der Waals surface area (Å²) in [5.41, 5.74) is 2.59. The van der Waals surface area contributed by atoms with E-state index in [0.717, 1.165) is 44.5 Å². The van der Waals surface area contributed by atoms with E-state index in [2.05, 4.69) is 78.5 Å². The van der Waals surface area contributed by atoms with Crippen LogP contribution in [-0.2, 0) is 6.54 Å². The van der Waals surface area contributed by atoms with E-state index >= 15 is 0 Å². The highest BCUT2D eigenvalue weighted by molar-refractivity contribution is 6.17. The van der Waals surface area contributed by atoms with E-state index < -0.39 is 0 Å². The molecular formula is C36H56ClIN2. The van der Waals surface area contributed by atoms with Gasteiger partial charge in [-0.2, -0.15) is 0 Å². The predicted molar refractivity (Wildman–Crippen MR) is 172 cm³/mol. The van der Waals surface area contributed by atoms with Gasteiger partial charge >= 0.3 is 0 Å². The molecule has 0 saturated carbocycles. The van der Waals surface area contributed by atoms with E-state index in [-0.39, 0.29) is 24.0 Å². The summed E-state index contributed by atoms with van der Waals surface area (Å²) in [6.07, 6.45) is 27.4. The number of rotatable bonds is 15. The molecule has 0 unspecified atom stereocenters. The maximum Gasteiger partial charge on any atom is 0.169 e.